The van der Waals surface area contributed by atoms with Crippen LogP contribution in [0.2, 0.25) is 5.15 Å². The number of amides is 1. The lowest BCUT2D eigenvalue weighted by Gasteiger charge is -2.09. The Morgan fingerprint density at radius 1 is 1.58 bits per heavy atom. The Morgan fingerprint density at radius 2 is 2.32 bits per heavy atom. The molecule has 5 nitrogen and oxygen atoms in total. The van der Waals surface area contributed by atoms with Crippen LogP contribution in [-0.4, -0.2) is 30.8 Å². The Balaban J connectivity index is 1.93. The zero-order chi connectivity index (χ0) is 14.0. The molecule has 1 aliphatic heterocycles. The van der Waals surface area contributed by atoms with Gasteiger partial charge in [0.05, 0.1) is 27.9 Å². The van der Waals surface area contributed by atoms with E-state index < -0.39 is 9.84 Å². The first-order chi connectivity index (χ1) is 8.85. The molecule has 0 radical (unpaired) electrons. The number of nitrogens with zero attached hydrogens (tertiary/aromatic N) is 1. The normalized spacial score (nSPS) is 21.3. The second kappa shape index (κ2) is 5.76. The van der Waals surface area contributed by atoms with E-state index in [0.717, 1.165) is 0 Å². The molecule has 1 atom stereocenters. The van der Waals surface area contributed by atoms with Gasteiger partial charge in [0.2, 0.25) is 5.91 Å². The van der Waals surface area contributed by atoms with Gasteiger partial charge in [0.1, 0.15) is 5.15 Å². The molecule has 8 heteroatoms. The van der Waals surface area contributed by atoms with Crippen molar-refractivity contribution in [2.24, 2.45) is 5.92 Å². The molecule has 1 N–H and O–H groups in total. The maximum absolute atomic E-state index is 11.8. The molecule has 1 aromatic heterocycles. The van der Waals surface area contributed by atoms with Gasteiger partial charge in [-0.05, 0) is 34.3 Å². The van der Waals surface area contributed by atoms with E-state index in [4.69, 9.17) is 11.6 Å². The minimum atomic E-state index is -2.94. The Hall–Kier alpha value is -0.660. The summed E-state index contributed by atoms with van der Waals surface area (Å²) in [6, 6.07) is 1.65. The highest BCUT2D eigenvalue weighted by Crippen LogP contribution is 2.24. The number of rotatable bonds is 3. The number of hydrogen-bond acceptors (Lipinski definition) is 4. The molecule has 1 aliphatic rings. The number of nitrogens with one attached hydrogen (secondary N) is 1. The highest BCUT2D eigenvalue weighted by atomic mass is 79.9. The Kier molecular flexibility index (Phi) is 4.47. The molecule has 1 amide bonds. The van der Waals surface area contributed by atoms with Crippen LogP contribution in [0.3, 0.4) is 0 Å². The zero-order valence-electron chi connectivity index (χ0n) is 9.90. The molecule has 1 fully saturated rings. The summed E-state index contributed by atoms with van der Waals surface area (Å²) in [5.41, 5.74) is 0.530. The lowest BCUT2D eigenvalue weighted by atomic mass is 10.1. The highest BCUT2D eigenvalue weighted by molar-refractivity contribution is 9.10. The van der Waals surface area contributed by atoms with Crippen LogP contribution in [0, 0.1) is 5.92 Å². The molecule has 1 unspecified atom stereocenters. The summed E-state index contributed by atoms with van der Waals surface area (Å²) in [6.07, 6.45) is 2.22. The van der Waals surface area contributed by atoms with Gasteiger partial charge in [-0.1, -0.05) is 11.6 Å². The molecule has 0 aliphatic carbocycles. The van der Waals surface area contributed by atoms with E-state index in [9.17, 15) is 13.2 Å². The number of hydrogen-bond donors (Lipinski definition) is 1. The van der Waals surface area contributed by atoms with E-state index in [2.05, 4.69) is 26.2 Å². The van der Waals surface area contributed by atoms with Crippen LogP contribution in [0.25, 0.3) is 0 Å². The lowest BCUT2D eigenvalue weighted by Crippen LogP contribution is -2.17. The monoisotopic (exact) mass is 366 g/mol. The molecule has 1 aromatic rings. The van der Waals surface area contributed by atoms with Gasteiger partial charge in [-0.25, -0.2) is 13.4 Å². The number of sulfone groups is 1. The molecule has 0 aromatic carbocycles. The van der Waals surface area contributed by atoms with Crippen LogP contribution in [-0.2, 0) is 14.6 Å². The lowest BCUT2D eigenvalue weighted by molar-refractivity contribution is -0.116. The van der Waals surface area contributed by atoms with E-state index >= 15 is 0 Å². The van der Waals surface area contributed by atoms with Crippen molar-refractivity contribution in [2.45, 2.75) is 12.8 Å². The molecule has 104 valence electrons. The summed E-state index contributed by atoms with van der Waals surface area (Å²) < 4.78 is 23.2. The minimum absolute atomic E-state index is 0.0892. The highest BCUT2D eigenvalue weighted by Gasteiger charge is 2.29. The van der Waals surface area contributed by atoms with Gasteiger partial charge in [0, 0.05) is 6.42 Å². The molecule has 1 saturated heterocycles. The van der Waals surface area contributed by atoms with Crippen molar-refractivity contribution in [1.29, 1.82) is 0 Å². The van der Waals surface area contributed by atoms with Crippen molar-refractivity contribution < 1.29 is 13.2 Å². The van der Waals surface area contributed by atoms with Crippen LogP contribution in [0.1, 0.15) is 12.8 Å². The first kappa shape index (κ1) is 14.7. The fraction of sp³-hybridized carbons (Fsp3) is 0.455. The van der Waals surface area contributed by atoms with Crippen LogP contribution in [0.4, 0.5) is 5.69 Å². The molecular formula is C11H12BrClN2O3S. The van der Waals surface area contributed by atoms with Crippen LogP contribution in [0.5, 0.6) is 0 Å². The maximum atomic E-state index is 11.8. The number of carbonyl (C=O) groups is 1. The molecule has 2 heterocycles. The number of carbonyl (C=O) groups excluding carboxylic acids is 1. The zero-order valence-corrected chi connectivity index (χ0v) is 13.1. The summed E-state index contributed by atoms with van der Waals surface area (Å²) in [5.74, 6) is -0.0195. The van der Waals surface area contributed by atoms with Crippen LogP contribution >= 0.6 is 27.5 Å². The van der Waals surface area contributed by atoms with Crippen molar-refractivity contribution in [1.82, 2.24) is 4.98 Å². The standard InChI is InChI=1S/C11H12BrClN2O3S/c12-9-4-8(5-14-11(9)13)15-10(16)3-7-1-2-19(17,18)6-7/h4-5,7H,1-3,6H2,(H,15,16). The predicted molar refractivity (Wildman–Crippen MR) is 77.0 cm³/mol. The molecule has 0 spiro atoms. The Labute approximate surface area is 124 Å². The van der Waals surface area contributed by atoms with Crippen molar-refractivity contribution in [3.8, 4) is 0 Å². The minimum Gasteiger partial charge on any atom is -0.325 e. The van der Waals surface area contributed by atoms with Gasteiger partial charge in [-0.2, -0.15) is 0 Å². The van der Waals surface area contributed by atoms with Gasteiger partial charge < -0.3 is 5.32 Å². The summed E-state index contributed by atoms with van der Waals surface area (Å²) in [4.78, 5) is 15.7. The third-order valence-electron chi connectivity index (χ3n) is 2.88. The second-order valence-corrected chi connectivity index (χ2v) is 7.96. The fourth-order valence-corrected chi connectivity index (χ4v) is 4.31. The van der Waals surface area contributed by atoms with Crippen LogP contribution < -0.4 is 5.32 Å². The second-order valence-electron chi connectivity index (χ2n) is 4.52. The number of anilines is 1. The largest absolute Gasteiger partial charge is 0.325 e. The Morgan fingerprint density at radius 3 is 2.89 bits per heavy atom. The predicted octanol–water partition coefficient (Wildman–Crippen LogP) is 2.26. The quantitative estimate of drug-likeness (QED) is 0.831. The number of halogens is 2. The summed E-state index contributed by atoms with van der Waals surface area (Å²) in [5, 5.41) is 3.00. The van der Waals surface area contributed by atoms with E-state index in [0.29, 0.717) is 21.7 Å². The first-order valence-electron chi connectivity index (χ1n) is 5.67. The van der Waals surface area contributed by atoms with Crippen molar-refractivity contribution >= 4 is 49.0 Å². The molecule has 19 heavy (non-hydrogen) atoms. The molecule has 0 saturated carbocycles. The van der Waals surface area contributed by atoms with Gasteiger partial charge in [0.15, 0.2) is 9.84 Å². The van der Waals surface area contributed by atoms with E-state index in [1.807, 2.05) is 0 Å². The van der Waals surface area contributed by atoms with E-state index in [-0.39, 0.29) is 29.8 Å². The summed E-state index contributed by atoms with van der Waals surface area (Å²) >= 11 is 8.96. The summed E-state index contributed by atoms with van der Waals surface area (Å²) in [6.45, 7) is 0. The number of aromatic nitrogens is 1. The van der Waals surface area contributed by atoms with E-state index in [1.165, 1.54) is 6.20 Å². The third kappa shape index (κ3) is 4.15. The van der Waals surface area contributed by atoms with Gasteiger partial charge in [0.25, 0.3) is 0 Å². The van der Waals surface area contributed by atoms with Crippen molar-refractivity contribution in [3.63, 3.8) is 0 Å². The smallest absolute Gasteiger partial charge is 0.224 e. The SMILES string of the molecule is O=C(CC1CCS(=O)(=O)C1)Nc1cnc(Cl)c(Br)c1. The van der Waals surface area contributed by atoms with Crippen molar-refractivity contribution in [2.75, 3.05) is 16.8 Å². The Bertz CT molecular complexity index is 606. The number of pyridine rings is 1. The van der Waals surface area contributed by atoms with Crippen molar-refractivity contribution in [3.05, 3.63) is 21.9 Å². The van der Waals surface area contributed by atoms with Gasteiger partial charge >= 0.3 is 0 Å². The average Bonchev–Trinajstić information content (AvgIpc) is 2.63. The molecule has 2 rings (SSSR count). The van der Waals surface area contributed by atoms with Gasteiger partial charge in [-0.15, -0.1) is 0 Å². The third-order valence-corrected chi connectivity index (χ3v) is 5.85. The average molecular weight is 368 g/mol. The molecular weight excluding hydrogens is 356 g/mol. The summed E-state index contributed by atoms with van der Waals surface area (Å²) in [7, 11) is -2.94. The van der Waals surface area contributed by atoms with E-state index in [1.54, 1.807) is 6.07 Å². The van der Waals surface area contributed by atoms with Gasteiger partial charge in [-0.3, -0.25) is 4.79 Å². The molecule has 0 bridgehead atoms. The first-order valence-corrected chi connectivity index (χ1v) is 8.66. The maximum Gasteiger partial charge on any atom is 0.224 e. The van der Waals surface area contributed by atoms with Crippen LogP contribution in [0.15, 0.2) is 16.7 Å². The fourth-order valence-electron chi connectivity index (χ4n) is 2.00. The topological polar surface area (TPSA) is 76.1 Å².